The Balaban J connectivity index is 1.80. The number of benzene rings is 1. The number of piperidine rings is 1. The molecule has 0 radical (unpaired) electrons. The molecule has 1 saturated heterocycles. The number of furan rings is 1. The van der Waals surface area contributed by atoms with Crippen LogP contribution in [0.4, 0.5) is 0 Å². The van der Waals surface area contributed by atoms with Crippen molar-refractivity contribution in [2.75, 3.05) is 20.1 Å². The van der Waals surface area contributed by atoms with Gasteiger partial charge >= 0.3 is 0 Å². The number of fused-ring (bicyclic) bond motifs is 1. The highest BCUT2D eigenvalue weighted by Crippen LogP contribution is 2.28. The van der Waals surface area contributed by atoms with E-state index in [0.29, 0.717) is 16.4 Å². The maximum absolute atomic E-state index is 12.4. The van der Waals surface area contributed by atoms with Crippen LogP contribution in [0.25, 0.3) is 11.0 Å². The van der Waals surface area contributed by atoms with Crippen LogP contribution >= 0.6 is 11.6 Å². The third-order valence-corrected chi connectivity index (χ3v) is 4.39. The summed E-state index contributed by atoms with van der Waals surface area (Å²) < 4.78 is 5.70. The van der Waals surface area contributed by atoms with Crippen molar-refractivity contribution in [1.29, 1.82) is 0 Å². The summed E-state index contributed by atoms with van der Waals surface area (Å²) in [6.45, 7) is 3.92. The Kier molecular flexibility index (Phi) is 3.91. The lowest BCUT2D eigenvalue weighted by Gasteiger charge is -2.29. The molecule has 0 unspecified atom stereocenters. The summed E-state index contributed by atoms with van der Waals surface area (Å²) in [7, 11) is 2.10. The number of hydrogen-bond donors (Lipinski definition) is 1. The summed E-state index contributed by atoms with van der Waals surface area (Å²) in [4.78, 5) is 14.7. The second-order valence-corrected chi connectivity index (χ2v) is 6.18. The quantitative estimate of drug-likeness (QED) is 0.926. The van der Waals surface area contributed by atoms with Crippen LogP contribution in [0.3, 0.4) is 0 Å². The highest BCUT2D eigenvalue weighted by atomic mass is 35.5. The first-order valence-corrected chi connectivity index (χ1v) is 7.60. The number of amides is 1. The lowest BCUT2D eigenvalue weighted by Crippen LogP contribution is -2.43. The van der Waals surface area contributed by atoms with Gasteiger partial charge in [-0.3, -0.25) is 4.79 Å². The van der Waals surface area contributed by atoms with Gasteiger partial charge in [0.2, 0.25) is 0 Å². The molecule has 0 aliphatic carbocycles. The van der Waals surface area contributed by atoms with E-state index >= 15 is 0 Å². The summed E-state index contributed by atoms with van der Waals surface area (Å²) in [5.74, 6) is 0.264. The van der Waals surface area contributed by atoms with Gasteiger partial charge in [0.05, 0.1) is 0 Å². The van der Waals surface area contributed by atoms with Crippen molar-refractivity contribution in [3.8, 4) is 0 Å². The SMILES string of the molecule is Cc1c(C(=O)NC2CCN(C)CC2)oc2ccc(Cl)cc12. The number of nitrogens with zero attached hydrogens (tertiary/aromatic N) is 1. The van der Waals surface area contributed by atoms with Crippen LogP contribution in [0.1, 0.15) is 29.0 Å². The van der Waals surface area contributed by atoms with Gasteiger partial charge in [0.15, 0.2) is 5.76 Å². The number of aryl methyl sites for hydroxylation is 1. The van der Waals surface area contributed by atoms with E-state index < -0.39 is 0 Å². The van der Waals surface area contributed by atoms with Gasteiger partial charge in [0.1, 0.15) is 5.58 Å². The Morgan fingerprint density at radius 1 is 1.38 bits per heavy atom. The number of carbonyl (C=O) groups is 1. The molecular weight excluding hydrogens is 288 g/mol. The van der Waals surface area contributed by atoms with Crippen LogP contribution in [0.15, 0.2) is 22.6 Å². The largest absolute Gasteiger partial charge is 0.451 e. The summed E-state index contributed by atoms with van der Waals surface area (Å²) in [5, 5.41) is 4.63. The predicted octanol–water partition coefficient (Wildman–Crippen LogP) is 3.22. The monoisotopic (exact) mass is 306 g/mol. The fraction of sp³-hybridized carbons (Fsp3) is 0.438. The minimum atomic E-state index is -0.130. The average Bonchev–Trinajstić information content (AvgIpc) is 2.79. The zero-order valence-corrected chi connectivity index (χ0v) is 13.0. The van der Waals surface area contributed by atoms with E-state index in [1.54, 1.807) is 12.1 Å². The maximum Gasteiger partial charge on any atom is 0.287 e. The summed E-state index contributed by atoms with van der Waals surface area (Å²) >= 11 is 6.00. The minimum absolute atomic E-state index is 0.130. The van der Waals surface area contributed by atoms with Crippen LogP contribution in [0, 0.1) is 6.92 Å². The molecule has 4 nitrogen and oxygen atoms in total. The van der Waals surface area contributed by atoms with E-state index in [9.17, 15) is 4.79 Å². The van der Waals surface area contributed by atoms with Crippen molar-refractivity contribution < 1.29 is 9.21 Å². The van der Waals surface area contributed by atoms with Gasteiger partial charge in [-0.05, 0) is 58.1 Å². The molecule has 21 heavy (non-hydrogen) atoms. The van der Waals surface area contributed by atoms with Gasteiger partial charge in [0, 0.05) is 22.0 Å². The minimum Gasteiger partial charge on any atom is -0.451 e. The molecular formula is C16H19ClN2O2. The predicted molar refractivity (Wildman–Crippen MR) is 83.9 cm³/mol. The van der Waals surface area contributed by atoms with Gasteiger partial charge < -0.3 is 14.6 Å². The third-order valence-electron chi connectivity index (χ3n) is 4.16. The van der Waals surface area contributed by atoms with Crippen LogP contribution in [0.2, 0.25) is 5.02 Å². The number of hydrogen-bond acceptors (Lipinski definition) is 3. The Morgan fingerprint density at radius 2 is 2.10 bits per heavy atom. The van der Waals surface area contributed by atoms with Crippen molar-refractivity contribution in [1.82, 2.24) is 10.2 Å². The van der Waals surface area contributed by atoms with Gasteiger partial charge in [-0.15, -0.1) is 0 Å². The zero-order chi connectivity index (χ0) is 15.0. The number of halogens is 1. The topological polar surface area (TPSA) is 45.5 Å². The third kappa shape index (κ3) is 2.92. The van der Waals surface area contributed by atoms with Crippen molar-refractivity contribution >= 4 is 28.5 Å². The Morgan fingerprint density at radius 3 is 2.81 bits per heavy atom. The van der Waals surface area contributed by atoms with E-state index in [1.165, 1.54) is 0 Å². The molecule has 1 amide bonds. The van der Waals surface area contributed by atoms with Gasteiger partial charge in [-0.2, -0.15) is 0 Å². The molecule has 0 saturated carbocycles. The van der Waals surface area contributed by atoms with Crippen molar-refractivity contribution in [2.24, 2.45) is 0 Å². The zero-order valence-electron chi connectivity index (χ0n) is 12.3. The van der Waals surface area contributed by atoms with Gasteiger partial charge in [-0.1, -0.05) is 11.6 Å². The average molecular weight is 307 g/mol. The molecule has 1 aliphatic rings. The molecule has 112 valence electrons. The molecule has 2 heterocycles. The molecule has 0 spiro atoms. The Hall–Kier alpha value is -1.52. The molecule has 1 aromatic heterocycles. The Labute approximate surface area is 129 Å². The highest BCUT2D eigenvalue weighted by Gasteiger charge is 2.23. The normalized spacial score (nSPS) is 17.3. The Bertz CT molecular complexity index is 672. The van der Waals surface area contributed by atoms with Crippen LogP contribution < -0.4 is 5.32 Å². The van der Waals surface area contributed by atoms with E-state index in [2.05, 4.69) is 17.3 Å². The molecule has 3 rings (SSSR count). The fourth-order valence-electron chi connectivity index (χ4n) is 2.81. The maximum atomic E-state index is 12.4. The van der Waals surface area contributed by atoms with E-state index in [0.717, 1.165) is 36.9 Å². The van der Waals surface area contributed by atoms with E-state index in [1.807, 2.05) is 13.0 Å². The first-order valence-electron chi connectivity index (χ1n) is 7.22. The molecule has 0 atom stereocenters. The smallest absolute Gasteiger partial charge is 0.287 e. The van der Waals surface area contributed by atoms with Crippen LogP contribution in [0.5, 0.6) is 0 Å². The molecule has 1 N–H and O–H groups in total. The molecule has 1 aliphatic heterocycles. The first-order chi connectivity index (χ1) is 10.0. The fourth-order valence-corrected chi connectivity index (χ4v) is 2.99. The summed E-state index contributed by atoms with van der Waals surface area (Å²) in [6.07, 6.45) is 1.96. The van der Waals surface area contributed by atoms with E-state index in [-0.39, 0.29) is 11.9 Å². The van der Waals surface area contributed by atoms with Gasteiger partial charge in [0.25, 0.3) is 5.91 Å². The van der Waals surface area contributed by atoms with Crippen molar-refractivity contribution in [3.05, 3.63) is 34.5 Å². The van der Waals surface area contributed by atoms with Gasteiger partial charge in [-0.25, -0.2) is 0 Å². The summed E-state index contributed by atoms with van der Waals surface area (Å²) in [6, 6.07) is 5.63. The lowest BCUT2D eigenvalue weighted by molar-refractivity contribution is 0.0890. The second kappa shape index (κ2) is 5.70. The van der Waals surface area contributed by atoms with Crippen LogP contribution in [-0.4, -0.2) is 37.0 Å². The highest BCUT2D eigenvalue weighted by molar-refractivity contribution is 6.31. The van der Waals surface area contributed by atoms with Crippen molar-refractivity contribution in [3.63, 3.8) is 0 Å². The molecule has 5 heteroatoms. The standard InChI is InChI=1S/C16H19ClN2O2/c1-10-13-9-11(17)3-4-14(13)21-15(10)16(20)18-12-5-7-19(2)8-6-12/h3-4,9,12H,5-8H2,1-2H3,(H,18,20). The van der Waals surface area contributed by atoms with Crippen molar-refractivity contribution in [2.45, 2.75) is 25.8 Å². The number of nitrogens with one attached hydrogen (secondary N) is 1. The number of likely N-dealkylation sites (tertiary alicyclic amines) is 1. The number of rotatable bonds is 2. The molecule has 0 bridgehead atoms. The van der Waals surface area contributed by atoms with E-state index in [4.69, 9.17) is 16.0 Å². The number of carbonyl (C=O) groups excluding carboxylic acids is 1. The molecule has 2 aromatic rings. The summed E-state index contributed by atoms with van der Waals surface area (Å²) in [5.41, 5.74) is 1.54. The lowest BCUT2D eigenvalue weighted by atomic mass is 10.1. The molecule has 1 aromatic carbocycles. The second-order valence-electron chi connectivity index (χ2n) is 5.75. The molecule has 1 fully saturated rings. The first kappa shape index (κ1) is 14.4. The van der Waals surface area contributed by atoms with Crippen LogP contribution in [-0.2, 0) is 0 Å².